The lowest BCUT2D eigenvalue weighted by Gasteiger charge is -2.14. The highest BCUT2D eigenvalue weighted by molar-refractivity contribution is 9.10. The van der Waals surface area contributed by atoms with Gasteiger partial charge < -0.3 is 25.6 Å². The van der Waals surface area contributed by atoms with Crippen LogP contribution < -0.4 is 15.4 Å². The summed E-state index contributed by atoms with van der Waals surface area (Å²) in [4.78, 5) is 33.1. The molecule has 0 saturated carbocycles. The second-order valence-electron chi connectivity index (χ2n) is 3.93. The number of halogens is 1. The first-order valence-corrected chi connectivity index (χ1v) is 6.48. The number of aliphatic carboxylic acids is 2. The lowest BCUT2D eigenvalue weighted by molar-refractivity contribution is -0.145. The van der Waals surface area contributed by atoms with Crippen LogP contribution in [0.2, 0.25) is 0 Å². The Balaban J connectivity index is 2.76. The van der Waals surface area contributed by atoms with Crippen molar-refractivity contribution in [2.75, 3.05) is 12.4 Å². The van der Waals surface area contributed by atoms with E-state index >= 15 is 0 Å². The van der Waals surface area contributed by atoms with Crippen LogP contribution in [0.1, 0.15) is 6.42 Å². The van der Waals surface area contributed by atoms with Gasteiger partial charge in [0.25, 0.3) is 0 Å². The van der Waals surface area contributed by atoms with Gasteiger partial charge in [-0.25, -0.2) is 9.59 Å². The first-order chi connectivity index (χ1) is 9.83. The number of carboxylic acids is 2. The summed E-state index contributed by atoms with van der Waals surface area (Å²) in [5.74, 6) is -2.27. The van der Waals surface area contributed by atoms with E-state index in [0.29, 0.717) is 15.9 Å². The molecule has 9 heteroatoms. The predicted molar refractivity (Wildman–Crippen MR) is 76.5 cm³/mol. The summed E-state index contributed by atoms with van der Waals surface area (Å²) in [5.41, 5.74) is 0.353. The Bertz CT molecular complexity index is 563. The Labute approximate surface area is 128 Å². The van der Waals surface area contributed by atoms with Crippen molar-refractivity contribution in [1.29, 1.82) is 0 Å². The molecule has 1 aromatic rings. The van der Waals surface area contributed by atoms with Crippen molar-refractivity contribution in [3.63, 3.8) is 0 Å². The fourth-order valence-corrected chi connectivity index (χ4v) is 1.76. The maximum atomic E-state index is 11.7. The van der Waals surface area contributed by atoms with Gasteiger partial charge in [-0.15, -0.1) is 0 Å². The number of methoxy groups -OCH3 is 1. The first kappa shape index (κ1) is 16.8. The fourth-order valence-electron chi connectivity index (χ4n) is 1.42. The highest BCUT2D eigenvalue weighted by atomic mass is 79.9. The molecule has 0 saturated heterocycles. The molecule has 0 heterocycles. The van der Waals surface area contributed by atoms with Crippen molar-refractivity contribution >= 4 is 39.6 Å². The summed E-state index contributed by atoms with van der Waals surface area (Å²) in [6, 6.07) is 2.47. The molecule has 0 unspecified atom stereocenters. The van der Waals surface area contributed by atoms with E-state index in [1.807, 2.05) is 0 Å². The normalized spacial score (nSPS) is 11.3. The maximum absolute atomic E-state index is 11.7. The number of carbonyl (C=O) groups is 3. The van der Waals surface area contributed by atoms with E-state index in [2.05, 4.69) is 26.6 Å². The molecule has 1 aromatic carbocycles. The minimum absolute atomic E-state index is 0.353. The lowest BCUT2D eigenvalue weighted by Crippen LogP contribution is -2.44. The van der Waals surface area contributed by atoms with E-state index in [1.165, 1.54) is 13.2 Å². The van der Waals surface area contributed by atoms with Crippen LogP contribution in [0.4, 0.5) is 10.5 Å². The largest absolute Gasteiger partial charge is 0.497 e. The van der Waals surface area contributed by atoms with E-state index in [4.69, 9.17) is 14.9 Å². The topological polar surface area (TPSA) is 125 Å². The van der Waals surface area contributed by atoms with Crippen LogP contribution in [-0.4, -0.2) is 41.3 Å². The third kappa shape index (κ3) is 5.30. The molecule has 0 fully saturated rings. The van der Waals surface area contributed by atoms with Gasteiger partial charge in [-0.05, 0) is 28.1 Å². The average Bonchev–Trinajstić information content (AvgIpc) is 2.39. The number of urea groups is 1. The van der Waals surface area contributed by atoms with E-state index in [9.17, 15) is 14.4 Å². The molecule has 0 aromatic heterocycles. The van der Waals surface area contributed by atoms with Crippen LogP contribution in [0.3, 0.4) is 0 Å². The van der Waals surface area contributed by atoms with Gasteiger partial charge in [0.15, 0.2) is 0 Å². The zero-order valence-corrected chi connectivity index (χ0v) is 12.5. The Hall–Kier alpha value is -2.29. The molecule has 1 rings (SSSR count). The SMILES string of the molecule is COc1ccc(Br)c(NC(=O)N[C@H](CC(=O)O)C(=O)O)c1. The minimum Gasteiger partial charge on any atom is -0.497 e. The molecule has 21 heavy (non-hydrogen) atoms. The molecule has 0 aliphatic carbocycles. The number of amides is 2. The highest BCUT2D eigenvalue weighted by Gasteiger charge is 2.23. The third-order valence-corrected chi connectivity index (χ3v) is 3.10. The molecule has 0 spiro atoms. The van der Waals surface area contributed by atoms with Gasteiger partial charge in [-0.3, -0.25) is 4.79 Å². The standard InChI is InChI=1S/C12H13BrN2O6/c1-21-6-2-3-7(13)8(4-6)14-12(20)15-9(11(18)19)5-10(16)17/h2-4,9H,5H2,1H3,(H,16,17)(H,18,19)(H2,14,15,20)/t9-/m1/s1. The zero-order chi connectivity index (χ0) is 16.0. The van der Waals surface area contributed by atoms with Crippen molar-refractivity contribution in [3.8, 4) is 5.75 Å². The Morgan fingerprint density at radius 2 is 2.00 bits per heavy atom. The van der Waals surface area contributed by atoms with Crippen molar-refractivity contribution in [2.24, 2.45) is 0 Å². The van der Waals surface area contributed by atoms with Gasteiger partial charge in [0, 0.05) is 10.5 Å². The van der Waals surface area contributed by atoms with E-state index < -0.39 is 30.4 Å². The zero-order valence-electron chi connectivity index (χ0n) is 10.9. The van der Waals surface area contributed by atoms with Crippen molar-refractivity contribution < 1.29 is 29.3 Å². The van der Waals surface area contributed by atoms with Gasteiger partial charge in [0.2, 0.25) is 0 Å². The van der Waals surface area contributed by atoms with Crippen molar-refractivity contribution in [3.05, 3.63) is 22.7 Å². The summed E-state index contributed by atoms with van der Waals surface area (Å²) < 4.78 is 5.56. The Kier molecular flexibility index (Phi) is 5.97. The van der Waals surface area contributed by atoms with Gasteiger partial charge in [-0.1, -0.05) is 0 Å². The van der Waals surface area contributed by atoms with Crippen LogP contribution in [0.5, 0.6) is 5.75 Å². The number of benzene rings is 1. The molecular weight excluding hydrogens is 348 g/mol. The number of hydrogen-bond donors (Lipinski definition) is 4. The Morgan fingerprint density at radius 3 is 2.52 bits per heavy atom. The highest BCUT2D eigenvalue weighted by Crippen LogP contribution is 2.26. The van der Waals surface area contributed by atoms with Gasteiger partial charge in [0.05, 0.1) is 19.2 Å². The second-order valence-corrected chi connectivity index (χ2v) is 4.79. The maximum Gasteiger partial charge on any atom is 0.326 e. The van der Waals surface area contributed by atoms with Crippen LogP contribution in [0.25, 0.3) is 0 Å². The molecular formula is C12H13BrN2O6. The summed E-state index contributed by atoms with van der Waals surface area (Å²) in [7, 11) is 1.46. The van der Waals surface area contributed by atoms with E-state index in [0.717, 1.165) is 0 Å². The molecule has 114 valence electrons. The number of nitrogens with one attached hydrogen (secondary N) is 2. The Morgan fingerprint density at radius 1 is 1.33 bits per heavy atom. The predicted octanol–water partition coefficient (Wildman–Crippen LogP) is 1.51. The number of rotatable bonds is 6. The number of hydrogen-bond acceptors (Lipinski definition) is 4. The molecule has 0 aliphatic heterocycles. The van der Waals surface area contributed by atoms with Crippen LogP contribution in [0, 0.1) is 0 Å². The van der Waals surface area contributed by atoms with Crippen LogP contribution in [-0.2, 0) is 9.59 Å². The van der Waals surface area contributed by atoms with Crippen molar-refractivity contribution in [1.82, 2.24) is 5.32 Å². The molecule has 0 radical (unpaired) electrons. The minimum atomic E-state index is -1.52. The summed E-state index contributed by atoms with van der Waals surface area (Å²) >= 11 is 3.22. The van der Waals surface area contributed by atoms with Gasteiger partial charge >= 0.3 is 18.0 Å². The smallest absolute Gasteiger partial charge is 0.326 e. The van der Waals surface area contributed by atoms with Crippen LogP contribution in [0.15, 0.2) is 22.7 Å². The van der Waals surface area contributed by atoms with Gasteiger partial charge in [0.1, 0.15) is 11.8 Å². The molecule has 0 aliphatic rings. The molecule has 8 nitrogen and oxygen atoms in total. The van der Waals surface area contributed by atoms with Gasteiger partial charge in [-0.2, -0.15) is 0 Å². The number of anilines is 1. The van der Waals surface area contributed by atoms with Crippen molar-refractivity contribution in [2.45, 2.75) is 12.5 Å². The summed E-state index contributed by atoms with van der Waals surface area (Å²) in [6.07, 6.45) is -0.720. The fraction of sp³-hybridized carbons (Fsp3) is 0.250. The average molecular weight is 361 g/mol. The summed E-state index contributed by atoms with van der Waals surface area (Å²) in [5, 5.41) is 21.9. The molecule has 2 amide bonds. The summed E-state index contributed by atoms with van der Waals surface area (Å²) in [6.45, 7) is 0. The first-order valence-electron chi connectivity index (χ1n) is 5.69. The quantitative estimate of drug-likeness (QED) is 0.609. The number of carbonyl (C=O) groups excluding carboxylic acids is 1. The van der Waals surface area contributed by atoms with E-state index in [1.54, 1.807) is 12.1 Å². The van der Waals surface area contributed by atoms with Crippen LogP contribution >= 0.6 is 15.9 Å². The molecule has 0 bridgehead atoms. The molecule has 1 atom stereocenters. The lowest BCUT2D eigenvalue weighted by atomic mass is 10.2. The number of carboxylic acid groups (broad SMARTS) is 2. The second kappa shape index (κ2) is 7.48. The number of ether oxygens (including phenoxy) is 1. The van der Waals surface area contributed by atoms with E-state index in [-0.39, 0.29) is 0 Å². The molecule has 4 N–H and O–H groups in total. The monoisotopic (exact) mass is 360 g/mol. The third-order valence-electron chi connectivity index (χ3n) is 2.40.